The Kier molecular flexibility index (Phi) is 3.51. The number of anilines is 1. The maximum atomic E-state index is 11.3. The predicted octanol–water partition coefficient (Wildman–Crippen LogP) is 0.335. The Hall–Kier alpha value is -2.15. The molecule has 7 heteroatoms. The zero-order valence-corrected chi connectivity index (χ0v) is 11.2. The summed E-state index contributed by atoms with van der Waals surface area (Å²) in [6.07, 6.45) is 3.88. The molecule has 1 aliphatic rings. The van der Waals surface area contributed by atoms with Crippen molar-refractivity contribution in [2.45, 2.75) is 12.8 Å². The van der Waals surface area contributed by atoms with Gasteiger partial charge in [0.25, 0.3) is 0 Å². The second-order valence-electron chi connectivity index (χ2n) is 5.12. The zero-order chi connectivity index (χ0) is 13.9. The third-order valence-corrected chi connectivity index (χ3v) is 3.66. The van der Waals surface area contributed by atoms with Gasteiger partial charge in [-0.2, -0.15) is 4.98 Å². The highest BCUT2D eigenvalue weighted by Crippen LogP contribution is 2.21. The molecular weight excluding hydrogens is 256 g/mol. The van der Waals surface area contributed by atoms with E-state index in [-0.39, 0.29) is 5.56 Å². The summed E-state index contributed by atoms with van der Waals surface area (Å²) in [5.41, 5.74) is 6.33. The third-order valence-electron chi connectivity index (χ3n) is 3.66. The molecule has 7 nitrogen and oxygen atoms in total. The van der Waals surface area contributed by atoms with Crippen LogP contribution in [0.1, 0.15) is 12.8 Å². The van der Waals surface area contributed by atoms with Crippen LogP contribution < -0.4 is 16.2 Å². The van der Waals surface area contributed by atoms with Gasteiger partial charge in [0, 0.05) is 30.9 Å². The lowest BCUT2D eigenvalue weighted by Gasteiger charge is -2.31. The number of pyridine rings is 1. The molecule has 1 aliphatic heterocycles. The summed E-state index contributed by atoms with van der Waals surface area (Å²) in [6, 6.07) is 3.30. The van der Waals surface area contributed by atoms with E-state index in [9.17, 15) is 4.79 Å². The van der Waals surface area contributed by atoms with Crippen LogP contribution in [0.4, 0.5) is 5.95 Å². The molecule has 1 unspecified atom stereocenters. The fourth-order valence-corrected chi connectivity index (χ4v) is 2.55. The molecule has 0 aliphatic carbocycles. The van der Waals surface area contributed by atoms with Crippen molar-refractivity contribution in [3.05, 3.63) is 28.7 Å². The van der Waals surface area contributed by atoms with E-state index < -0.39 is 0 Å². The number of piperidine rings is 1. The molecule has 1 atom stereocenters. The van der Waals surface area contributed by atoms with Gasteiger partial charge in [0.2, 0.25) is 11.5 Å². The van der Waals surface area contributed by atoms with E-state index in [1.165, 1.54) is 12.5 Å². The number of H-pyrrole nitrogens is 2. The lowest BCUT2D eigenvalue weighted by atomic mass is 9.99. The molecule has 2 aromatic rings. The second kappa shape index (κ2) is 5.46. The maximum Gasteiger partial charge on any atom is 0.248 e. The van der Waals surface area contributed by atoms with E-state index in [1.807, 2.05) is 0 Å². The fraction of sp³-hybridized carbons (Fsp3) is 0.462. The monoisotopic (exact) mass is 274 g/mol. The van der Waals surface area contributed by atoms with Crippen molar-refractivity contribution in [3.8, 4) is 11.4 Å². The zero-order valence-electron chi connectivity index (χ0n) is 11.2. The molecule has 0 saturated carbocycles. The van der Waals surface area contributed by atoms with Gasteiger partial charge in [-0.25, -0.2) is 0 Å². The normalized spacial score (nSPS) is 19.2. The number of nitrogens with one attached hydrogen (secondary N) is 2. The number of hydrogen-bond acceptors (Lipinski definition) is 5. The molecule has 1 saturated heterocycles. The van der Waals surface area contributed by atoms with Crippen molar-refractivity contribution in [1.29, 1.82) is 0 Å². The van der Waals surface area contributed by atoms with Gasteiger partial charge in [-0.3, -0.25) is 9.89 Å². The van der Waals surface area contributed by atoms with Crippen molar-refractivity contribution >= 4 is 5.95 Å². The summed E-state index contributed by atoms with van der Waals surface area (Å²) in [5, 5.41) is 7.14. The van der Waals surface area contributed by atoms with Crippen LogP contribution in [0.15, 0.2) is 23.1 Å². The molecule has 3 rings (SSSR count). The Morgan fingerprint density at radius 2 is 2.40 bits per heavy atom. The van der Waals surface area contributed by atoms with E-state index in [2.05, 4.69) is 25.1 Å². The molecule has 20 heavy (non-hydrogen) atoms. The van der Waals surface area contributed by atoms with Crippen LogP contribution in [-0.2, 0) is 0 Å². The molecular formula is C13H18N6O. The number of aromatic nitrogens is 4. The van der Waals surface area contributed by atoms with Crippen molar-refractivity contribution in [3.63, 3.8) is 0 Å². The minimum atomic E-state index is -0.151. The first-order chi connectivity index (χ1) is 9.76. The quantitative estimate of drug-likeness (QED) is 0.748. The SMILES string of the molecule is NCC1CCCN(c2n[nH]c(-c3cc[nH]c(=O)c3)n2)C1. The number of rotatable bonds is 3. The fourth-order valence-electron chi connectivity index (χ4n) is 2.55. The van der Waals surface area contributed by atoms with Crippen LogP contribution in [0.3, 0.4) is 0 Å². The molecule has 0 bridgehead atoms. The van der Waals surface area contributed by atoms with Gasteiger partial charge in [0.1, 0.15) is 0 Å². The minimum Gasteiger partial charge on any atom is -0.339 e. The van der Waals surface area contributed by atoms with Crippen LogP contribution in [-0.4, -0.2) is 39.8 Å². The highest BCUT2D eigenvalue weighted by atomic mass is 16.1. The number of nitrogens with two attached hydrogens (primary N) is 1. The second-order valence-corrected chi connectivity index (χ2v) is 5.12. The van der Waals surface area contributed by atoms with Gasteiger partial charge in [-0.15, -0.1) is 5.10 Å². The van der Waals surface area contributed by atoms with Crippen LogP contribution in [0.5, 0.6) is 0 Å². The van der Waals surface area contributed by atoms with Crippen molar-refractivity contribution in [1.82, 2.24) is 20.2 Å². The van der Waals surface area contributed by atoms with Gasteiger partial charge < -0.3 is 15.6 Å². The Balaban J connectivity index is 1.81. The summed E-state index contributed by atoms with van der Waals surface area (Å²) in [6.45, 7) is 2.54. The molecule has 0 amide bonds. The molecule has 3 heterocycles. The smallest absolute Gasteiger partial charge is 0.248 e. The molecule has 2 aromatic heterocycles. The molecule has 0 spiro atoms. The maximum absolute atomic E-state index is 11.3. The van der Waals surface area contributed by atoms with E-state index in [0.29, 0.717) is 24.2 Å². The van der Waals surface area contributed by atoms with Gasteiger partial charge in [-0.05, 0) is 31.4 Å². The van der Waals surface area contributed by atoms with E-state index in [1.54, 1.807) is 12.3 Å². The Morgan fingerprint density at radius 1 is 1.50 bits per heavy atom. The van der Waals surface area contributed by atoms with Crippen molar-refractivity contribution in [2.24, 2.45) is 11.7 Å². The predicted molar refractivity (Wildman–Crippen MR) is 76.4 cm³/mol. The number of nitrogens with zero attached hydrogens (tertiary/aromatic N) is 3. The molecule has 0 aromatic carbocycles. The highest BCUT2D eigenvalue weighted by Gasteiger charge is 2.21. The number of aromatic amines is 2. The van der Waals surface area contributed by atoms with Crippen LogP contribution in [0.25, 0.3) is 11.4 Å². The first-order valence-corrected chi connectivity index (χ1v) is 6.83. The third kappa shape index (κ3) is 2.57. The van der Waals surface area contributed by atoms with Crippen molar-refractivity contribution in [2.75, 3.05) is 24.5 Å². The molecule has 0 radical (unpaired) electrons. The van der Waals surface area contributed by atoms with E-state index in [0.717, 1.165) is 25.1 Å². The first-order valence-electron chi connectivity index (χ1n) is 6.83. The van der Waals surface area contributed by atoms with Crippen molar-refractivity contribution < 1.29 is 0 Å². The Labute approximate surface area is 116 Å². The van der Waals surface area contributed by atoms with E-state index in [4.69, 9.17) is 5.73 Å². The summed E-state index contributed by atoms with van der Waals surface area (Å²) >= 11 is 0. The van der Waals surface area contributed by atoms with Gasteiger partial charge in [-0.1, -0.05) is 0 Å². The lowest BCUT2D eigenvalue weighted by molar-refractivity contribution is 0.420. The van der Waals surface area contributed by atoms with Gasteiger partial charge >= 0.3 is 0 Å². The summed E-state index contributed by atoms with van der Waals surface area (Å²) < 4.78 is 0. The molecule has 4 N–H and O–H groups in total. The van der Waals surface area contributed by atoms with E-state index >= 15 is 0 Å². The van der Waals surface area contributed by atoms with Gasteiger partial charge in [0.05, 0.1) is 0 Å². The minimum absolute atomic E-state index is 0.151. The Morgan fingerprint density at radius 3 is 3.20 bits per heavy atom. The van der Waals surface area contributed by atoms with Crippen LogP contribution >= 0.6 is 0 Å². The largest absolute Gasteiger partial charge is 0.339 e. The van der Waals surface area contributed by atoms with Gasteiger partial charge in [0.15, 0.2) is 5.82 Å². The molecule has 1 fully saturated rings. The highest BCUT2D eigenvalue weighted by molar-refractivity contribution is 5.55. The van der Waals surface area contributed by atoms with Crippen LogP contribution in [0, 0.1) is 5.92 Å². The standard InChI is InChI=1S/C13H18N6O/c14-7-9-2-1-5-19(8-9)13-16-12(17-18-13)10-3-4-15-11(20)6-10/h3-4,6,9H,1-2,5,7-8,14H2,(H,15,20)(H,16,17,18). The topological polar surface area (TPSA) is 104 Å². The summed E-state index contributed by atoms with van der Waals surface area (Å²) in [7, 11) is 0. The number of hydrogen-bond donors (Lipinski definition) is 3. The summed E-state index contributed by atoms with van der Waals surface area (Å²) in [5.74, 6) is 1.80. The average Bonchev–Trinajstić information content (AvgIpc) is 2.97. The Bertz CT molecular complexity index is 634. The molecule has 106 valence electrons. The first kappa shape index (κ1) is 12.9. The van der Waals surface area contributed by atoms with Crippen LogP contribution in [0.2, 0.25) is 0 Å². The lowest BCUT2D eigenvalue weighted by Crippen LogP contribution is -2.38. The average molecular weight is 274 g/mol. The summed E-state index contributed by atoms with van der Waals surface area (Å²) in [4.78, 5) is 20.5.